The van der Waals surface area contributed by atoms with Crippen molar-refractivity contribution in [1.29, 1.82) is 0 Å². The topological polar surface area (TPSA) is 72.4 Å². The zero-order chi connectivity index (χ0) is 17.6. The number of methoxy groups -OCH3 is 2. The first-order chi connectivity index (χ1) is 12.2. The first-order valence-electron chi connectivity index (χ1n) is 7.69. The Balaban J connectivity index is 1.87. The third-order valence-electron chi connectivity index (χ3n) is 3.69. The van der Waals surface area contributed by atoms with Crippen molar-refractivity contribution < 1.29 is 9.47 Å². The minimum atomic E-state index is 0.367. The summed E-state index contributed by atoms with van der Waals surface area (Å²) in [5, 5.41) is 11.2. The second kappa shape index (κ2) is 7.48. The predicted octanol–water partition coefficient (Wildman–Crippen LogP) is 3.40. The molecule has 25 heavy (non-hydrogen) atoms. The van der Waals surface area contributed by atoms with Crippen molar-refractivity contribution in [2.75, 3.05) is 31.5 Å². The largest absolute Gasteiger partial charge is 0.497 e. The molecule has 7 heteroatoms. The van der Waals surface area contributed by atoms with E-state index in [-0.39, 0.29) is 0 Å². The van der Waals surface area contributed by atoms with Crippen LogP contribution < -0.4 is 19.7 Å². The van der Waals surface area contributed by atoms with Crippen LogP contribution in [0.2, 0.25) is 0 Å². The van der Waals surface area contributed by atoms with Crippen LogP contribution in [0.4, 0.5) is 23.1 Å². The number of aromatic nitrogens is 3. The van der Waals surface area contributed by atoms with Gasteiger partial charge in [0.25, 0.3) is 0 Å². The Morgan fingerprint density at radius 3 is 2.52 bits per heavy atom. The predicted molar refractivity (Wildman–Crippen MR) is 97.2 cm³/mol. The molecule has 0 fully saturated rings. The molecule has 0 bridgehead atoms. The Morgan fingerprint density at radius 1 is 1.00 bits per heavy atom. The van der Waals surface area contributed by atoms with E-state index in [1.807, 2.05) is 60.5 Å². The number of nitrogens with zero attached hydrogens (tertiary/aromatic N) is 4. The zero-order valence-corrected chi connectivity index (χ0v) is 14.3. The second-order valence-corrected chi connectivity index (χ2v) is 5.22. The molecule has 0 atom stereocenters. The van der Waals surface area contributed by atoms with Gasteiger partial charge in [0.05, 0.1) is 26.1 Å². The van der Waals surface area contributed by atoms with E-state index in [4.69, 9.17) is 9.47 Å². The summed E-state index contributed by atoms with van der Waals surface area (Å²) in [6.45, 7) is 0. The second-order valence-electron chi connectivity index (χ2n) is 5.22. The van der Waals surface area contributed by atoms with Crippen LogP contribution in [0.5, 0.6) is 11.5 Å². The molecule has 0 amide bonds. The summed E-state index contributed by atoms with van der Waals surface area (Å²) in [7, 11) is 5.14. The lowest BCUT2D eigenvalue weighted by Gasteiger charge is -2.18. The number of benzene rings is 2. The summed E-state index contributed by atoms with van der Waals surface area (Å²) in [6, 6.07) is 15.4. The maximum atomic E-state index is 5.36. The molecule has 0 spiro atoms. The Kier molecular flexibility index (Phi) is 4.94. The number of para-hydroxylation sites is 1. The molecule has 0 saturated heterocycles. The summed E-state index contributed by atoms with van der Waals surface area (Å²) < 4.78 is 10.6. The molecule has 3 aromatic rings. The number of nitrogens with one attached hydrogen (secondary N) is 1. The SMILES string of the molecule is COc1ccc(OC)c(Nc2nncc(N(C)c3ccccc3)n2)c1. The maximum Gasteiger partial charge on any atom is 0.249 e. The van der Waals surface area contributed by atoms with E-state index < -0.39 is 0 Å². The smallest absolute Gasteiger partial charge is 0.249 e. The molecule has 3 rings (SSSR count). The first-order valence-corrected chi connectivity index (χ1v) is 7.69. The van der Waals surface area contributed by atoms with Gasteiger partial charge < -0.3 is 19.7 Å². The third-order valence-corrected chi connectivity index (χ3v) is 3.69. The van der Waals surface area contributed by atoms with Gasteiger partial charge in [-0.1, -0.05) is 18.2 Å². The molecule has 0 aliphatic rings. The fourth-order valence-corrected chi connectivity index (χ4v) is 2.33. The first kappa shape index (κ1) is 16.5. The molecule has 1 aromatic heterocycles. The average Bonchev–Trinajstić information content (AvgIpc) is 2.68. The minimum Gasteiger partial charge on any atom is -0.497 e. The monoisotopic (exact) mass is 337 g/mol. The van der Waals surface area contributed by atoms with Crippen molar-refractivity contribution in [3.63, 3.8) is 0 Å². The van der Waals surface area contributed by atoms with Gasteiger partial charge in [-0.3, -0.25) is 0 Å². The number of hydrogen-bond acceptors (Lipinski definition) is 7. The van der Waals surface area contributed by atoms with Crippen LogP contribution in [0.1, 0.15) is 0 Å². The quantitative estimate of drug-likeness (QED) is 0.739. The summed E-state index contributed by atoms with van der Waals surface area (Å²) in [5.74, 6) is 2.40. The number of ether oxygens (including phenoxy) is 2. The van der Waals surface area contributed by atoms with E-state index in [0.717, 1.165) is 5.69 Å². The molecule has 0 aliphatic heterocycles. The summed E-state index contributed by atoms with van der Waals surface area (Å²) in [4.78, 5) is 6.45. The molecule has 7 nitrogen and oxygen atoms in total. The minimum absolute atomic E-state index is 0.367. The molecule has 2 aromatic carbocycles. The Labute approximate surface area is 146 Å². The number of anilines is 4. The van der Waals surface area contributed by atoms with Crippen LogP contribution in [0, 0.1) is 0 Å². The van der Waals surface area contributed by atoms with Gasteiger partial charge in [0, 0.05) is 18.8 Å². The number of rotatable bonds is 6. The van der Waals surface area contributed by atoms with Crippen molar-refractivity contribution in [2.24, 2.45) is 0 Å². The third kappa shape index (κ3) is 3.77. The molecule has 0 unspecified atom stereocenters. The fourth-order valence-electron chi connectivity index (χ4n) is 2.33. The van der Waals surface area contributed by atoms with Gasteiger partial charge in [-0.25, -0.2) is 0 Å². The van der Waals surface area contributed by atoms with Crippen LogP contribution in [0.25, 0.3) is 0 Å². The molecular formula is C18H19N5O2. The van der Waals surface area contributed by atoms with E-state index in [9.17, 15) is 0 Å². The standard InChI is InChI=1S/C18H19N5O2/c1-23(13-7-5-4-6-8-13)17-12-19-22-18(21-17)20-15-11-14(24-2)9-10-16(15)25-3/h4-12H,1-3H3,(H,20,21,22). The van der Waals surface area contributed by atoms with Gasteiger partial charge in [0.1, 0.15) is 11.5 Å². The molecule has 1 N–H and O–H groups in total. The molecular weight excluding hydrogens is 318 g/mol. The van der Waals surface area contributed by atoms with Crippen molar-refractivity contribution >= 4 is 23.1 Å². The van der Waals surface area contributed by atoms with Crippen LogP contribution in [0.3, 0.4) is 0 Å². The molecule has 1 heterocycles. The van der Waals surface area contributed by atoms with Gasteiger partial charge in [-0.15, -0.1) is 5.10 Å². The molecule has 0 radical (unpaired) electrons. The summed E-state index contributed by atoms with van der Waals surface area (Å²) in [6.07, 6.45) is 1.61. The van der Waals surface area contributed by atoms with Gasteiger partial charge in [0.15, 0.2) is 5.82 Å². The molecule has 0 aliphatic carbocycles. The van der Waals surface area contributed by atoms with E-state index in [2.05, 4.69) is 20.5 Å². The highest BCUT2D eigenvalue weighted by Gasteiger charge is 2.10. The van der Waals surface area contributed by atoms with Crippen LogP contribution in [-0.4, -0.2) is 36.4 Å². The van der Waals surface area contributed by atoms with Crippen LogP contribution >= 0.6 is 0 Å². The Hall–Kier alpha value is -3.35. The van der Waals surface area contributed by atoms with Gasteiger partial charge in [-0.2, -0.15) is 10.1 Å². The average molecular weight is 337 g/mol. The lowest BCUT2D eigenvalue weighted by molar-refractivity contribution is 0.405. The summed E-state index contributed by atoms with van der Waals surface area (Å²) in [5.41, 5.74) is 1.70. The van der Waals surface area contributed by atoms with E-state index in [1.165, 1.54) is 0 Å². The normalized spacial score (nSPS) is 10.2. The van der Waals surface area contributed by atoms with Crippen LogP contribution in [-0.2, 0) is 0 Å². The van der Waals surface area contributed by atoms with Gasteiger partial charge in [0.2, 0.25) is 5.95 Å². The fraction of sp³-hybridized carbons (Fsp3) is 0.167. The zero-order valence-electron chi connectivity index (χ0n) is 14.3. The Morgan fingerprint density at radius 2 is 1.80 bits per heavy atom. The van der Waals surface area contributed by atoms with Crippen molar-refractivity contribution in [3.8, 4) is 11.5 Å². The highest BCUT2D eigenvalue weighted by molar-refractivity contribution is 5.66. The highest BCUT2D eigenvalue weighted by Crippen LogP contribution is 2.31. The van der Waals surface area contributed by atoms with Crippen molar-refractivity contribution in [1.82, 2.24) is 15.2 Å². The highest BCUT2D eigenvalue weighted by atomic mass is 16.5. The number of hydrogen-bond donors (Lipinski definition) is 1. The van der Waals surface area contributed by atoms with Crippen molar-refractivity contribution in [3.05, 3.63) is 54.7 Å². The molecule has 128 valence electrons. The lowest BCUT2D eigenvalue weighted by Crippen LogP contribution is -2.13. The maximum absolute atomic E-state index is 5.36. The van der Waals surface area contributed by atoms with Gasteiger partial charge in [-0.05, 0) is 24.3 Å². The van der Waals surface area contributed by atoms with E-state index in [0.29, 0.717) is 29.0 Å². The summed E-state index contributed by atoms with van der Waals surface area (Å²) >= 11 is 0. The molecule has 0 saturated carbocycles. The van der Waals surface area contributed by atoms with E-state index in [1.54, 1.807) is 20.4 Å². The van der Waals surface area contributed by atoms with Crippen LogP contribution in [0.15, 0.2) is 54.7 Å². The Bertz CT molecular complexity index is 842. The van der Waals surface area contributed by atoms with Gasteiger partial charge >= 0.3 is 0 Å². The van der Waals surface area contributed by atoms with Crippen molar-refractivity contribution in [2.45, 2.75) is 0 Å². The lowest BCUT2D eigenvalue weighted by atomic mass is 10.2. The van der Waals surface area contributed by atoms with E-state index >= 15 is 0 Å².